The molecule has 2 aromatic carbocycles. The normalized spacial score (nSPS) is 14.5. The lowest BCUT2D eigenvalue weighted by Gasteiger charge is -2.18. The lowest BCUT2D eigenvalue weighted by molar-refractivity contribution is -0.140. The van der Waals surface area contributed by atoms with E-state index in [-0.39, 0.29) is 18.7 Å². The first-order chi connectivity index (χ1) is 11.4. The summed E-state index contributed by atoms with van der Waals surface area (Å²) in [5.74, 6) is -2.01. The molecule has 24 heavy (non-hydrogen) atoms. The number of hydrogen-bond acceptors (Lipinski definition) is 2. The SMILES string of the molecule is C=C(CC(CP(=O)(O)Cc1ccccc1)C(=O)O)c1ccccc1. The smallest absolute Gasteiger partial charge is 0.307 e. The van der Waals surface area contributed by atoms with Crippen LogP contribution in [0.5, 0.6) is 0 Å². The average Bonchev–Trinajstić information content (AvgIpc) is 2.55. The Labute approximate surface area is 141 Å². The van der Waals surface area contributed by atoms with Gasteiger partial charge in [-0.2, -0.15) is 0 Å². The topological polar surface area (TPSA) is 74.6 Å². The van der Waals surface area contributed by atoms with Crippen molar-refractivity contribution in [3.63, 3.8) is 0 Å². The Bertz CT molecular complexity index is 740. The first kappa shape index (κ1) is 18.2. The number of rotatable bonds is 8. The molecule has 126 valence electrons. The predicted octanol–water partition coefficient (Wildman–Crippen LogP) is 4.26. The Hall–Kier alpha value is -2.16. The summed E-state index contributed by atoms with van der Waals surface area (Å²) in [7, 11) is -3.59. The number of allylic oxidation sites excluding steroid dienone is 1. The Morgan fingerprint density at radius 3 is 2.12 bits per heavy atom. The Morgan fingerprint density at radius 2 is 1.58 bits per heavy atom. The zero-order valence-corrected chi connectivity index (χ0v) is 14.2. The maximum atomic E-state index is 12.5. The molecular formula is C19H21O4P. The van der Waals surface area contributed by atoms with Crippen LogP contribution >= 0.6 is 7.37 Å². The predicted molar refractivity (Wildman–Crippen MR) is 96.1 cm³/mol. The van der Waals surface area contributed by atoms with Gasteiger partial charge in [0.05, 0.1) is 5.92 Å². The molecule has 0 aromatic heterocycles. The van der Waals surface area contributed by atoms with Gasteiger partial charge in [-0.25, -0.2) is 0 Å². The average molecular weight is 344 g/mol. The lowest BCUT2D eigenvalue weighted by atomic mass is 9.97. The van der Waals surface area contributed by atoms with Crippen LogP contribution in [-0.2, 0) is 15.5 Å². The quantitative estimate of drug-likeness (QED) is 0.702. The van der Waals surface area contributed by atoms with Gasteiger partial charge in [0.25, 0.3) is 0 Å². The van der Waals surface area contributed by atoms with Crippen LogP contribution in [0.25, 0.3) is 5.57 Å². The summed E-state index contributed by atoms with van der Waals surface area (Å²) in [5, 5.41) is 9.43. The van der Waals surface area contributed by atoms with E-state index in [1.807, 2.05) is 36.4 Å². The molecule has 0 bridgehead atoms. The summed E-state index contributed by atoms with van der Waals surface area (Å²) >= 11 is 0. The minimum Gasteiger partial charge on any atom is -0.481 e. The standard InChI is InChI=1S/C19H21O4P/c1-15(17-10-6-3-7-11-17)12-18(19(20)21)14-24(22,23)13-16-8-4-2-5-9-16/h2-11,18H,1,12-14H2,(H,20,21)(H,22,23). The summed E-state index contributed by atoms with van der Waals surface area (Å²) in [5.41, 5.74) is 2.23. The third-order valence-corrected chi connectivity index (χ3v) is 5.67. The second-order valence-electron chi connectivity index (χ2n) is 5.88. The summed E-state index contributed by atoms with van der Waals surface area (Å²) in [6.45, 7) is 3.93. The third kappa shape index (κ3) is 5.48. The zero-order chi connectivity index (χ0) is 17.6. The van der Waals surface area contributed by atoms with E-state index in [4.69, 9.17) is 0 Å². The maximum Gasteiger partial charge on any atom is 0.307 e. The summed E-state index contributed by atoms with van der Waals surface area (Å²) in [6, 6.07) is 18.2. The van der Waals surface area contributed by atoms with Crippen LogP contribution < -0.4 is 0 Å². The van der Waals surface area contributed by atoms with E-state index in [0.29, 0.717) is 5.57 Å². The highest BCUT2D eigenvalue weighted by Crippen LogP contribution is 2.47. The van der Waals surface area contributed by atoms with Crippen LogP contribution in [-0.4, -0.2) is 22.1 Å². The van der Waals surface area contributed by atoms with Gasteiger partial charge in [0.15, 0.2) is 0 Å². The van der Waals surface area contributed by atoms with Gasteiger partial charge in [0.2, 0.25) is 7.37 Å². The number of carbonyl (C=O) groups is 1. The number of aliphatic carboxylic acids is 1. The number of carboxylic acid groups (broad SMARTS) is 1. The van der Waals surface area contributed by atoms with Gasteiger partial charge in [-0.15, -0.1) is 0 Å². The van der Waals surface area contributed by atoms with Crippen molar-refractivity contribution in [2.24, 2.45) is 5.92 Å². The molecule has 0 heterocycles. The Morgan fingerprint density at radius 1 is 1.04 bits per heavy atom. The Kier molecular flexibility index (Phi) is 6.13. The fraction of sp³-hybridized carbons (Fsp3) is 0.211. The van der Waals surface area contributed by atoms with Gasteiger partial charge < -0.3 is 10.00 Å². The molecule has 0 fully saturated rings. The van der Waals surface area contributed by atoms with Crippen LogP contribution in [0.1, 0.15) is 17.5 Å². The molecule has 0 aliphatic heterocycles. The molecule has 0 radical (unpaired) electrons. The fourth-order valence-corrected chi connectivity index (χ4v) is 4.48. The molecule has 2 N–H and O–H groups in total. The van der Waals surface area contributed by atoms with Gasteiger partial charge in [0, 0.05) is 12.3 Å². The highest BCUT2D eigenvalue weighted by Gasteiger charge is 2.29. The molecule has 2 rings (SSSR count). The summed E-state index contributed by atoms with van der Waals surface area (Å²) in [6.07, 6.45) is -0.128. The highest BCUT2D eigenvalue weighted by molar-refractivity contribution is 7.57. The van der Waals surface area contributed by atoms with E-state index in [1.165, 1.54) is 0 Å². The van der Waals surface area contributed by atoms with Gasteiger partial charge >= 0.3 is 5.97 Å². The van der Waals surface area contributed by atoms with Crippen molar-refractivity contribution in [2.45, 2.75) is 12.6 Å². The minimum absolute atomic E-state index is 0.0184. The van der Waals surface area contributed by atoms with E-state index < -0.39 is 19.3 Å². The van der Waals surface area contributed by atoms with Crippen molar-refractivity contribution in [1.82, 2.24) is 0 Å². The minimum atomic E-state index is -3.59. The van der Waals surface area contributed by atoms with Gasteiger partial charge in [-0.1, -0.05) is 67.2 Å². The molecule has 2 atom stereocenters. The molecule has 0 saturated carbocycles. The highest BCUT2D eigenvalue weighted by atomic mass is 31.2. The first-order valence-corrected chi connectivity index (χ1v) is 9.71. The number of hydrogen-bond donors (Lipinski definition) is 2. The van der Waals surface area contributed by atoms with E-state index in [0.717, 1.165) is 11.1 Å². The van der Waals surface area contributed by atoms with E-state index >= 15 is 0 Å². The second kappa shape index (κ2) is 8.09. The summed E-state index contributed by atoms with van der Waals surface area (Å²) < 4.78 is 12.5. The molecule has 0 aliphatic carbocycles. The van der Waals surface area contributed by atoms with Crippen LogP contribution in [0.3, 0.4) is 0 Å². The molecule has 2 unspecified atom stereocenters. The summed E-state index contributed by atoms with van der Waals surface area (Å²) in [4.78, 5) is 21.8. The van der Waals surface area contributed by atoms with Crippen molar-refractivity contribution < 1.29 is 19.4 Å². The number of carboxylic acids is 1. The van der Waals surface area contributed by atoms with Crippen molar-refractivity contribution in [3.05, 3.63) is 78.4 Å². The Balaban J connectivity index is 2.06. The molecule has 0 saturated heterocycles. The molecule has 4 nitrogen and oxygen atoms in total. The molecule has 0 aliphatic rings. The largest absolute Gasteiger partial charge is 0.481 e. The zero-order valence-electron chi connectivity index (χ0n) is 13.3. The van der Waals surface area contributed by atoms with Crippen LogP contribution in [0.2, 0.25) is 0 Å². The van der Waals surface area contributed by atoms with Crippen molar-refractivity contribution in [3.8, 4) is 0 Å². The third-order valence-electron chi connectivity index (χ3n) is 3.80. The monoisotopic (exact) mass is 344 g/mol. The van der Waals surface area contributed by atoms with Crippen molar-refractivity contribution in [2.75, 3.05) is 6.16 Å². The van der Waals surface area contributed by atoms with Crippen molar-refractivity contribution >= 4 is 18.9 Å². The van der Waals surface area contributed by atoms with Crippen molar-refractivity contribution in [1.29, 1.82) is 0 Å². The second-order valence-corrected chi connectivity index (χ2v) is 8.26. The van der Waals surface area contributed by atoms with Crippen LogP contribution in [0, 0.1) is 5.92 Å². The molecular weight excluding hydrogens is 323 g/mol. The molecule has 0 amide bonds. The molecule has 2 aromatic rings. The molecule has 5 heteroatoms. The van der Waals surface area contributed by atoms with Crippen LogP contribution in [0.4, 0.5) is 0 Å². The maximum absolute atomic E-state index is 12.5. The number of benzene rings is 2. The van der Waals surface area contributed by atoms with Gasteiger partial charge in [-0.3, -0.25) is 9.36 Å². The molecule has 0 spiro atoms. The van der Waals surface area contributed by atoms with Gasteiger partial charge in [-0.05, 0) is 23.1 Å². The lowest BCUT2D eigenvalue weighted by Crippen LogP contribution is -2.19. The first-order valence-electron chi connectivity index (χ1n) is 7.68. The van der Waals surface area contributed by atoms with E-state index in [9.17, 15) is 19.4 Å². The van der Waals surface area contributed by atoms with Crippen LogP contribution in [0.15, 0.2) is 67.2 Å². The van der Waals surface area contributed by atoms with Gasteiger partial charge in [0.1, 0.15) is 0 Å². The fourth-order valence-electron chi connectivity index (χ4n) is 2.60. The van der Waals surface area contributed by atoms with E-state index in [1.54, 1.807) is 24.3 Å². The van der Waals surface area contributed by atoms with E-state index in [2.05, 4.69) is 6.58 Å².